The Kier molecular flexibility index (Phi) is 5.69. The van der Waals surface area contributed by atoms with Crippen molar-refractivity contribution in [3.63, 3.8) is 0 Å². The summed E-state index contributed by atoms with van der Waals surface area (Å²) in [6.07, 6.45) is 0. The first-order valence-electron chi connectivity index (χ1n) is 8.36. The van der Waals surface area contributed by atoms with Gasteiger partial charge < -0.3 is 24.7 Å². The van der Waals surface area contributed by atoms with Gasteiger partial charge in [-0.05, 0) is 45.4 Å². The zero-order chi connectivity index (χ0) is 20.4. The molecule has 2 rings (SSSR count). The fourth-order valence-corrected chi connectivity index (χ4v) is 2.84. The molecule has 1 heterocycles. The summed E-state index contributed by atoms with van der Waals surface area (Å²) in [5, 5.41) is 9.64. The van der Waals surface area contributed by atoms with E-state index in [4.69, 9.17) is 24.7 Å². The van der Waals surface area contributed by atoms with E-state index in [2.05, 4.69) is 6.07 Å². The molecule has 0 saturated carbocycles. The van der Waals surface area contributed by atoms with E-state index in [9.17, 15) is 10.1 Å². The molecule has 1 unspecified atom stereocenters. The van der Waals surface area contributed by atoms with Gasteiger partial charge in [0.25, 0.3) is 0 Å². The Bertz CT molecular complexity index is 856. The number of nitriles is 1. The predicted molar refractivity (Wildman–Crippen MR) is 98.7 cm³/mol. The van der Waals surface area contributed by atoms with Crippen LogP contribution in [0.25, 0.3) is 0 Å². The zero-order valence-electron chi connectivity index (χ0n) is 16.4. The van der Waals surface area contributed by atoms with Crippen LogP contribution in [-0.4, -0.2) is 25.8 Å². The van der Waals surface area contributed by atoms with Gasteiger partial charge in [0.1, 0.15) is 23.0 Å². The third-order valence-electron chi connectivity index (χ3n) is 3.97. The Balaban J connectivity index is 2.64. The summed E-state index contributed by atoms with van der Waals surface area (Å²) in [6.45, 7) is 6.93. The quantitative estimate of drug-likeness (QED) is 0.810. The molecule has 1 atom stereocenters. The molecule has 0 radical (unpaired) electrons. The predicted octanol–water partition coefficient (Wildman–Crippen LogP) is 3.13. The van der Waals surface area contributed by atoms with Gasteiger partial charge in [-0.2, -0.15) is 5.26 Å². The lowest BCUT2D eigenvalue weighted by Gasteiger charge is -2.29. The van der Waals surface area contributed by atoms with Crippen LogP contribution in [-0.2, 0) is 14.3 Å². The molecule has 144 valence electrons. The molecule has 0 saturated heterocycles. The fraction of sp³-hybridized carbons (Fsp3) is 0.400. The number of benzene rings is 1. The molecule has 0 bridgehead atoms. The van der Waals surface area contributed by atoms with E-state index < -0.39 is 17.5 Å². The highest BCUT2D eigenvalue weighted by atomic mass is 16.6. The second kappa shape index (κ2) is 7.62. The van der Waals surface area contributed by atoms with Crippen LogP contribution >= 0.6 is 0 Å². The van der Waals surface area contributed by atoms with Gasteiger partial charge in [0, 0.05) is 0 Å². The molecule has 0 aliphatic carbocycles. The summed E-state index contributed by atoms with van der Waals surface area (Å²) in [6, 6.07) is 7.21. The van der Waals surface area contributed by atoms with Crippen molar-refractivity contribution in [2.24, 2.45) is 5.73 Å². The van der Waals surface area contributed by atoms with Crippen LogP contribution in [0.3, 0.4) is 0 Å². The molecule has 1 aliphatic rings. The largest absolute Gasteiger partial charge is 0.493 e. The Morgan fingerprint density at radius 1 is 1.22 bits per heavy atom. The number of esters is 1. The molecule has 1 aromatic carbocycles. The number of rotatable bonds is 4. The van der Waals surface area contributed by atoms with Gasteiger partial charge >= 0.3 is 5.97 Å². The van der Waals surface area contributed by atoms with Crippen molar-refractivity contribution in [1.82, 2.24) is 0 Å². The van der Waals surface area contributed by atoms with Crippen LogP contribution in [0.15, 0.2) is 41.0 Å². The maximum atomic E-state index is 12.9. The number of nitrogens with zero attached hydrogens (tertiary/aromatic N) is 1. The average Bonchev–Trinajstić information content (AvgIpc) is 2.58. The lowest BCUT2D eigenvalue weighted by atomic mass is 9.83. The first kappa shape index (κ1) is 20.2. The lowest BCUT2D eigenvalue weighted by Crippen LogP contribution is -2.30. The van der Waals surface area contributed by atoms with Gasteiger partial charge in [-0.15, -0.1) is 0 Å². The number of hydrogen-bond donors (Lipinski definition) is 1. The first-order valence-corrected chi connectivity index (χ1v) is 8.36. The Morgan fingerprint density at radius 3 is 2.37 bits per heavy atom. The van der Waals surface area contributed by atoms with E-state index in [1.54, 1.807) is 45.9 Å². The van der Waals surface area contributed by atoms with Crippen molar-refractivity contribution in [3.05, 3.63) is 46.6 Å². The number of allylic oxidation sites excluding steroid dienone is 2. The van der Waals surface area contributed by atoms with Gasteiger partial charge in [0.05, 0.1) is 25.7 Å². The molecule has 2 N–H and O–H groups in total. The smallest absolute Gasteiger partial charge is 0.338 e. The van der Waals surface area contributed by atoms with Crippen LogP contribution in [0.2, 0.25) is 0 Å². The maximum absolute atomic E-state index is 12.9. The minimum atomic E-state index is -0.738. The lowest BCUT2D eigenvalue weighted by molar-refractivity contribution is -0.150. The number of methoxy groups -OCH3 is 2. The highest BCUT2D eigenvalue weighted by molar-refractivity contribution is 5.93. The van der Waals surface area contributed by atoms with Crippen LogP contribution < -0.4 is 15.2 Å². The Morgan fingerprint density at radius 2 is 1.85 bits per heavy atom. The Labute approximate surface area is 159 Å². The van der Waals surface area contributed by atoms with Crippen LogP contribution in [0.1, 0.15) is 39.2 Å². The molecular formula is C20H24N2O5. The molecule has 1 aliphatic heterocycles. The molecule has 7 heteroatoms. The molecule has 0 amide bonds. The van der Waals surface area contributed by atoms with E-state index in [-0.39, 0.29) is 17.0 Å². The van der Waals surface area contributed by atoms with Crippen molar-refractivity contribution in [1.29, 1.82) is 5.26 Å². The standard InChI is InChI=1S/C20H24N2O5/c1-11-16(19(23)27-20(2,3)4)17(13(10-21)18(22)26-11)12-7-8-14(24-5)15(9-12)25-6/h7-9,17H,22H2,1-6H3. The average molecular weight is 372 g/mol. The molecular weight excluding hydrogens is 348 g/mol. The minimum absolute atomic E-state index is 0.0397. The van der Waals surface area contributed by atoms with Gasteiger partial charge in [0.2, 0.25) is 5.88 Å². The number of carbonyl (C=O) groups is 1. The summed E-state index contributed by atoms with van der Waals surface area (Å²) in [4.78, 5) is 12.9. The van der Waals surface area contributed by atoms with E-state index in [0.29, 0.717) is 22.8 Å². The molecule has 0 fully saturated rings. The number of ether oxygens (including phenoxy) is 4. The topological polar surface area (TPSA) is 104 Å². The third kappa shape index (κ3) is 4.17. The molecule has 0 spiro atoms. The third-order valence-corrected chi connectivity index (χ3v) is 3.97. The number of carbonyl (C=O) groups excluding carboxylic acids is 1. The highest BCUT2D eigenvalue weighted by Gasteiger charge is 2.38. The van der Waals surface area contributed by atoms with E-state index in [0.717, 1.165) is 0 Å². The monoisotopic (exact) mass is 372 g/mol. The second-order valence-electron chi connectivity index (χ2n) is 7.01. The first-order chi connectivity index (χ1) is 12.6. The zero-order valence-corrected chi connectivity index (χ0v) is 16.4. The van der Waals surface area contributed by atoms with Crippen molar-refractivity contribution < 1.29 is 23.7 Å². The van der Waals surface area contributed by atoms with E-state index >= 15 is 0 Å². The van der Waals surface area contributed by atoms with Crippen molar-refractivity contribution in [3.8, 4) is 17.6 Å². The summed E-state index contributed by atoms with van der Waals surface area (Å²) >= 11 is 0. The van der Waals surface area contributed by atoms with Gasteiger partial charge in [-0.3, -0.25) is 0 Å². The normalized spacial score (nSPS) is 17.1. The number of nitrogens with two attached hydrogens (primary N) is 1. The summed E-state index contributed by atoms with van der Waals surface area (Å²) in [5.74, 6) is -0.0529. The van der Waals surface area contributed by atoms with E-state index in [1.165, 1.54) is 14.2 Å². The maximum Gasteiger partial charge on any atom is 0.338 e. The van der Waals surface area contributed by atoms with Gasteiger partial charge in [-0.1, -0.05) is 6.07 Å². The summed E-state index contributed by atoms with van der Waals surface area (Å²) in [7, 11) is 3.04. The number of hydrogen-bond acceptors (Lipinski definition) is 7. The molecule has 7 nitrogen and oxygen atoms in total. The van der Waals surface area contributed by atoms with E-state index in [1.807, 2.05) is 0 Å². The summed E-state index contributed by atoms with van der Waals surface area (Å²) < 4.78 is 21.6. The molecule has 27 heavy (non-hydrogen) atoms. The molecule has 1 aromatic rings. The minimum Gasteiger partial charge on any atom is -0.493 e. The van der Waals surface area contributed by atoms with Crippen molar-refractivity contribution in [2.45, 2.75) is 39.2 Å². The van der Waals surface area contributed by atoms with Crippen LogP contribution in [0, 0.1) is 11.3 Å². The van der Waals surface area contributed by atoms with Crippen molar-refractivity contribution in [2.75, 3.05) is 14.2 Å². The van der Waals surface area contributed by atoms with Gasteiger partial charge in [0.15, 0.2) is 11.5 Å². The SMILES string of the molecule is COc1ccc(C2C(C#N)=C(N)OC(C)=C2C(=O)OC(C)(C)C)cc1OC. The second-order valence-corrected chi connectivity index (χ2v) is 7.01. The van der Waals surface area contributed by atoms with Crippen LogP contribution in [0.5, 0.6) is 11.5 Å². The Hall–Kier alpha value is -3.14. The van der Waals surface area contributed by atoms with Gasteiger partial charge in [-0.25, -0.2) is 4.79 Å². The van der Waals surface area contributed by atoms with Crippen LogP contribution in [0.4, 0.5) is 0 Å². The highest BCUT2D eigenvalue weighted by Crippen LogP contribution is 2.42. The summed E-state index contributed by atoms with van der Waals surface area (Å²) in [5.41, 5.74) is 6.21. The van der Waals surface area contributed by atoms with Crippen molar-refractivity contribution >= 4 is 5.97 Å². The molecule has 0 aromatic heterocycles. The fourth-order valence-electron chi connectivity index (χ4n) is 2.84.